The first-order chi connectivity index (χ1) is 24.5. The fourth-order valence-electron chi connectivity index (χ4n) is 6.20. The molecule has 2 amide bonds. The fraction of sp³-hybridized carbons (Fsp3) is 0.463. The van der Waals surface area contributed by atoms with E-state index in [9.17, 15) is 19.2 Å². The van der Waals surface area contributed by atoms with Crippen molar-refractivity contribution in [1.29, 1.82) is 0 Å². The molecule has 4 rings (SSSR count). The van der Waals surface area contributed by atoms with Gasteiger partial charge < -0.3 is 29.6 Å². The maximum absolute atomic E-state index is 14.2. The minimum atomic E-state index is -1.05. The molecule has 0 aromatic heterocycles. The van der Waals surface area contributed by atoms with Crippen LogP contribution in [0.5, 0.6) is 0 Å². The Balaban J connectivity index is 1.43. The number of amides is 2. The summed E-state index contributed by atoms with van der Waals surface area (Å²) in [6.45, 7) is 5.67. The molecule has 3 aromatic rings. The highest BCUT2D eigenvalue weighted by Gasteiger charge is 2.46. The fourth-order valence-corrected chi connectivity index (χ4v) is 6.20. The first-order valence-corrected chi connectivity index (χ1v) is 17.8. The largest absolute Gasteiger partial charge is 0.464 e. The highest BCUT2D eigenvalue weighted by atomic mass is 16.6. The summed E-state index contributed by atoms with van der Waals surface area (Å²) in [5, 5.41) is 5.64. The highest BCUT2D eigenvalue weighted by molar-refractivity contribution is 5.89. The topological polar surface area (TPSA) is 129 Å². The zero-order valence-corrected chi connectivity index (χ0v) is 30.1. The van der Waals surface area contributed by atoms with Crippen molar-refractivity contribution in [3.05, 3.63) is 108 Å². The lowest BCUT2D eigenvalue weighted by Crippen LogP contribution is -2.51. The molecule has 0 unspecified atom stereocenters. The van der Waals surface area contributed by atoms with E-state index in [2.05, 4.69) is 10.6 Å². The van der Waals surface area contributed by atoms with Crippen LogP contribution >= 0.6 is 0 Å². The van der Waals surface area contributed by atoms with Crippen LogP contribution in [0.4, 0.5) is 4.79 Å². The second-order valence-electron chi connectivity index (χ2n) is 14.1. The Hall–Kier alpha value is -4.70. The van der Waals surface area contributed by atoms with Crippen molar-refractivity contribution in [3.63, 3.8) is 0 Å². The number of aryl methyl sites for hydroxylation is 1. The van der Waals surface area contributed by atoms with E-state index in [1.807, 2.05) is 91.0 Å². The quantitative estimate of drug-likeness (QED) is 0.0853. The molecule has 0 heterocycles. The Labute approximate surface area is 301 Å². The smallest absolute Gasteiger partial charge is 0.407 e. The Morgan fingerprint density at radius 3 is 1.90 bits per heavy atom. The van der Waals surface area contributed by atoms with Crippen molar-refractivity contribution in [2.45, 2.75) is 90.6 Å². The summed E-state index contributed by atoms with van der Waals surface area (Å²) in [6.07, 6.45) is 3.41. The number of esters is 2. The Kier molecular flexibility index (Phi) is 15.0. The van der Waals surface area contributed by atoms with Crippen molar-refractivity contribution in [3.8, 4) is 0 Å². The van der Waals surface area contributed by atoms with Crippen LogP contribution in [0.2, 0.25) is 0 Å². The Bertz CT molecular complexity index is 1520. The van der Waals surface area contributed by atoms with Crippen molar-refractivity contribution in [2.24, 2.45) is 11.3 Å². The average Bonchev–Trinajstić information content (AvgIpc) is 3.61. The molecule has 0 saturated heterocycles. The third-order valence-electron chi connectivity index (χ3n) is 8.81. The highest BCUT2D eigenvalue weighted by Crippen LogP contribution is 2.44. The van der Waals surface area contributed by atoms with Gasteiger partial charge in [-0.05, 0) is 69.6 Å². The molecule has 2 atom stereocenters. The third-order valence-corrected chi connectivity index (χ3v) is 8.81. The number of hydrogen-bond acceptors (Lipinski definition) is 8. The predicted molar refractivity (Wildman–Crippen MR) is 193 cm³/mol. The molecule has 10 heteroatoms. The van der Waals surface area contributed by atoms with Gasteiger partial charge in [0.1, 0.15) is 12.2 Å². The van der Waals surface area contributed by atoms with Gasteiger partial charge in [0.25, 0.3) is 0 Å². The first-order valence-electron chi connectivity index (χ1n) is 17.8. The molecule has 10 nitrogen and oxygen atoms in total. The molecule has 1 fully saturated rings. The minimum absolute atomic E-state index is 0.0756. The summed E-state index contributed by atoms with van der Waals surface area (Å²) >= 11 is 0. The summed E-state index contributed by atoms with van der Waals surface area (Å²) in [5.74, 6) is -2.29. The zero-order valence-electron chi connectivity index (χ0n) is 30.1. The second-order valence-corrected chi connectivity index (χ2v) is 14.1. The number of ether oxygens (including phenoxy) is 4. The molecule has 0 radical (unpaired) electrons. The van der Waals surface area contributed by atoms with Crippen LogP contribution in [0.1, 0.15) is 76.0 Å². The number of carbonyl (C=O) groups is 4. The summed E-state index contributed by atoms with van der Waals surface area (Å²) in [4.78, 5) is 53.8. The summed E-state index contributed by atoms with van der Waals surface area (Å²) < 4.78 is 22.7. The van der Waals surface area contributed by atoms with Gasteiger partial charge in [-0.3, -0.25) is 9.59 Å². The van der Waals surface area contributed by atoms with Crippen LogP contribution in [0, 0.1) is 11.3 Å². The van der Waals surface area contributed by atoms with Gasteiger partial charge in [0.05, 0.1) is 31.2 Å². The molecule has 0 aliphatic heterocycles. The van der Waals surface area contributed by atoms with Crippen molar-refractivity contribution < 1.29 is 38.1 Å². The first kappa shape index (κ1) is 39.1. The van der Waals surface area contributed by atoms with Crippen molar-refractivity contribution in [1.82, 2.24) is 10.6 Å². The number of rotatable bonds is 18. The number of hydrogen-bond donors (Lipinski definition) is 2. The minimum Gasteiger partial charge on any atom is -0.464 e. The number of alkyl carbamates (subject to hydrolysis) is 1. The summed E-state index contributed by atoms with van der Waals surface area (Å²) in [7, 11) is 0. The van der Waals surface area contributed by atoms with Gasteiger partial charge >= 0.3 is 18.0 Å². The molecule has 0 bridgehead atoms. The van der Waals surface area contributed by atoms with Gasteiger partial charge in [0.2, 0.25) is 5.91 Å². The average molecular weight is 701 g/mol. The van der Waals surface area contributed by atoms with Gasteiger partial charge in [-0.15, -0.1) is 0 Å². The van der Waals surface area contributed by atoms with Crippen LogP contribution in [-0.2, 0) is 53.0 Å². The summed E-state index contributed by atoms with van der Waals surface area (Å²) in [6, 6.07) is 27.7. The van der Waals surface area contributed by atoms with Gasteiger partial charge in [-0.1, -0.05) is 104 Å². The Morgan fingerprint density at radius 1 is 0.745 bits per heavy atom. The predicted octanol–water partition coefficient (Wildman–Crippen LogP) is 6.70. The van der Waals surface area contributed by atoms with Gasteiger partial charge in [-0.2, -0.15) is 0 Å². The number of benzene rings is 3. The van der Waals surface area contributed by atoms with Crippen molar-refractivity contribution in [2.75, 3.05) is 19.8 Å². The Morgan fingerprint density at radius 2 is 1.31 bits per heavy atom. The normalized spacial score (nSPS) is 14.9. The molecular weight excluding hydrogens is 648 g/mol. The van der Waals surface area contributed by atoms with Crippen LogP contribution < -0.4 is 10.6 Å². The van der Waals surface area contributed by atoms with E-state index in [1.54, 1.807) is 20.8 Å². The lowest BCUT2D eigenvalue weighted by Gasteiger charge is -2.33. The van der Waals surface area contributed by atoms with Crippen molar-refractivity contribution >= 4 is 23.9 Å². The molecule has 3 aromatic carbocycles. The molecule has 274 valence electrons. The van der Waals surface area contributed by atoms with Crippen LogP contribution in [0.25, 0.3) is 0 Å². The molecule has 0 spiro atoms. The molecule has 1 aliphatic carbocycles. The van der Waals surface area contributed by atoms with E-state index in [1.165, 1.54) is 0 Å². The number of nitrogens with one attached hydrogen (secondary N) is 2. The maximum Gasteiger partial charge on any atom is 0.407 e. The molecule has 1 saturated carbocycles. The number of carbonyl (C=O) groups excluding carboxylic acids is 4. The summed E-state index contributed by atoms with van der Waals surface area (Å²) in [5.41, 5.74) is 1.16. The van der Waals surface area contributed by atoms with Crippen LogP contribution in [0.15, 0.2) is 91.0 Å². The second kappa shape index (κ2) is 19.6. The van der Waals surface area contributed by atoms with Gasteiger partial charge in [0.15, 0.2) is 6.04 Å². The molecule has 1 aliphatic rings. The van der Waals surface area contributed by atoms with E-state index >= 15 is 0 Å². The van der Waals surface area contributed by atoms with Crippen LogP contribution in [-0.4, -0.2) is 55.3 Å². The molecule has 2 N–H and O–H groups in total. The standard InChI is InChI=1S/C41H52N2O8/c1-40(2,3)51-36(44)34(27-42-39(47)50-29-33-20-11-6-12-21-33)26-41(23-13-14-24-41)38(46)43-35(30-48-28-32-18-9-5-10-19-32)37(45)49-25-15-22-31-16-7-4-8-17-31/h4-12,16-21,34-35H,13-15,22-30H2,1-3H3,(H,42,47)(H,43,46)/t34-,35-/m0/s1. The molecular formula is C41H52N2O8. The van der Waals surface area contributed by atoms with E-state index < -0.39 is 41.0 Å². The molecule has 51 heavy (non-hydrogen) atoms. The maximum atomic E-state index is 14.2. The third kappa shape index (κ3) is 13.5. The van der Waals surface area contributed by atoms with Crippen LogP contribution in [0.3, 0.4) is 0 Å². The van der Waals surface area contributed by atoms with E-state index in [-0.39, 0.29) is 45.3 Å². The van der Waals surface area contributed by atoms with E-state index in [0.29, 0.717) is 19.3 Å². The van der Waals surface area contributed by atoms with Gasteiger partial charge in [0, 0.05) is 6.54 Å². The lowest BCUT2D eigenvalue weighted by molar-refractivity contribution is -0.162. The SMILES string of the molecule is CC(C)(C)OC(=O)[C@H](CNC(=O)OCc1ccccc1)CC1(C(=O)N[C@@H](COCc2ccccc2)C(=O)OCCCc2ccccc2)CCCC1. The zero-order chi connectivity index (χ0) is 36.5. The van der Waals surface area contributed by atoms with E-state index in [4.69, 9.17) is 18.9 Å². The van der Waals surface area contributed by atoms with Gasteiger partial charge in [-0.25, -0.2) is 9.59 Å². The lowest BCUT2D eigenvalue weighted by atomic mass is 9.76. The van der Waals surface area contributed by atoms with E-state index in [0.717, 1.165) is 36.0 Å². The monoisotopic (exact) mass is 700 g/mol.